The van der Waals surface area contributed by atoms with E-state index in [1.165, 1.54) is 47.5 Å². The SMILES string of the molecule is CC(C)(C)C(=O)/C=C(\O)C(C)(C)C.[Ir].[c-]1c2ccccc2cc2[se]c3cccc4c3c3c(nccc3n4-c3ccccc3)c12. The zero-order valence-electron chi connectivity index (χ0n) is 25.7. The Morgan fingerprint density at radius 2 is 1.50 bits per heavy atom. The van der Waals surface area contributed by atoms with Gasteiger partial charge < -0.3 is 5.11 Å². The van der Waals surface area contributed by atoms with Crippen molar-refractivity contribution in [2.24, 2.45) is 10.8 Å². The van der Waals surface area contributed by atoms with Gasteiger partial charge in [0, 0.05) is 37.0 Å². The van der Waals surface area contributed by atoms with Crippen molar-refractivity contribution in [1.82, 2.24) is 9.55 Å². The van der Waals surface area contributed by atoms with E-state index in [9.17, 15) is 9.90 Å². The van der Waals surface area contributed by atoms with Crippen LogP contribution in [0.5, 0.6) is 0 Å². The number of benzene rings is 4. The molecule has 0 fully saturated rings. The summed E-state index contributed by atoms with van der Waals surface area (Å²) < 4.78 is 5.15. The van der Waals surface area contributed by atoms with Crippen molar-refractivity contribution in [1.29, 1.82) is 0 Å². The predicted molar refractivity (Wildman–Crippen MR) is 181 cm³/mol. The van der Waals surface area contributed by atoms with Gasteiger partial charge in [-0.1, -0.05) is 41.5 Å². The zero-order chi connectivity index (χ0) is 30.5. The van der Waals surface area contributed by atoms with E-state index >= 15 is 0 Å². The Morgan fingerprint density at radius 3 is 2.20 bits per heavy atom. The van der Waals surface area contributed by atoms with Crippen molar-refractivity contribution in [3.63, 3.8) is 0 Å². The first-order valence-electron chi connectivity index (χ1n) is 14.5. The number of fused-ring (bicyclic) bond motifs is 3. The number of hydrogen-bond acceptors (Lipinski definition) is 3. The van der Waals surface area contributed by atoms with Gasteiger partial charge in [0.2, 0.25) is 0 Å². The molecule has 7 rings (SSSR count). The molecule has 0 saturated heterocycles. The van der Waals surface area contributed by atoms with E-state index in [1.807, 2.05) is 47.7 Å². The van der Waals surface area contributed by atoms with Gasteiger partial charge in [0.25, 0.3) is 0 Å². The number of nitrogens with zero attached hydrogens (tertiary/aromatic N) is 2. The Labute approximate surface area is 277 Å². The van der Waals surface area contributed by atoms with Crippen molar-refractivity contribution < 1.29 is 30.0 Å². The van der Waals surface area contributed by atoms with E-state index in [0.29, 0.717) is 0 Å². The zero-order valence-corrected chi connectivity index (χ0v) is 29.8. The van der Waals surface area contributed by atoms with Crippen molar-refractivity contribution in [2.75, 3.05) is 0 Å². The Kier molecular flexibility index (Phi) is 8.77. The first kappa shape index (κ1) is 31.9. The van der Waals surface area contributed by atoms with Crippen LogP contribution in [-0.4, -0.2) is 34.9 Å². The molecule has 4 aromatic carbocycles. The van der Waals surface area contributed by atoms with Crippen LogP contribution in [0.25, 0.3) is 57.7 Å². The van der Waals surface area contributed by atoms with Gasteiger partial charge in [0.1, 0.15) is 5.76 Å². The summed E-state index contributed by atoms with van der Waals surface area (Å²) in [5.74, 6) is 0.104. The van der Waals surface area contributed by atoms with Crippen molar-refractivity contribution in [3.8, 4) is 5.69 Å². The van der Waals surface area contributed by atoms with E-state index in [-0.39, 0.29) is 51.6 Å². The van der Waals surface area contributed by atoms with Crippen LogP contribution in [0.3, 0.4) is 0 Å². The minimum atomic E-state index is -0.417. The summed E-state index contributed by atoms with van der Waals surface area (Å²) in [6, 6.07) is 34.1. The fourth-order valence-electron chi connectivity index (χ4n) is 5.18. The minimum absolute atomic E-state index is 0. The standard InChI is InChI=1S/C27H15N2Se.C11H20O2.Ir/c1-2-9-19(10-3-1)29-21-11-6-12-23-25(21)26-22(29)13-14-28-27(26)20-15-17-7-4-5-8-18(17)16-24(20)30-23;1-10(2,3)8(12)7-9(13)11(4,5)6;/h1-14,16H;7,12H,1-6H3;/q-1;;/b;8-7-;. The molecule has 0 aliphatic heterocycles. The Hall–Kier alpha value is -3.53. The molecule has 0 aliphatic rings. The number of ketones is 1. The van der Waals surface area contributed by atoms with E-state index in [4.69, 9.17) is 4.98 Å². The van der Waals surface area contributed by atoms with E-state index in [2.05, 4.69) is 95.6 Å². The maximum absolute atomic E-state index is 11.5. The molecule has 0 atom stereocenters. The molecule has 0 saturated carbocycles. The topological polar surface area (TPSA) is 55.1 Å². The number of para-hydroxylation sites is 1. The van der Waals surface area contributed by atoms with Crippen molar-refractivity contribution in [3.05, 3.63) is 109 Å². The van der Waals surface area contributed by atoms with Gasteiger partial charge in [0.15, 0.2) is 5.78 Å². The summed E-state index contributed by atoms with van der Waals surface area (Å²) in [6.07, 6.45) is 3.28. The molecule has 3 aromatic heterocycles. The number of aliphatic hydroxyl groups is 1. The maximum atomic E-state index is 11.5. The van der Waals surface area contributed by atoms with Crippen molar-refractivity contribution >= 4 is 72.3 Å². The first-order valence-corrected chi connectivity index (χ1v) is 16.2. The van der Waals surface area contributed by atoms with Crippen LogP contribution in [0.15, 0.2) is 103 Å². The van der Waals surface area contributed by atoms with Gasteiger partial charge in [-0.2, -0.15) is 0 Å². The van der Waals surface area contributed by atoms with Gasteiger partial charge in [-0.25, -0.2) is 0 Å². The average molecular weight is 823 g/mol. The molecule has 225 valence electrons. The fourth-order valence-corrected chi connectivity index (χ4v) is 7.55. The summed E-state index contributed by atoms with van der Waals surface area (Å²) in [7, 11) is 0. The molecule has 0 unspecified atom stereocenters. The average Bonchev–Trinajstić information content (AvgIpc) is 3.24. The number of carbonyl (C=O) groups is 1. The van der Waals surface area contributed by atoms with Crippen LogP contribution >= 0.6 is 0 Å². The third-order valence-corrected chi connectivity index (χ3v) is 9.98. The van der Waals surface area contributed by atoms with Crippen LogP contribution in [0.2, 0.25) is 0 Å². The van der Waals surface area contributed by atoms with Crippen LogP contribution in [0, 0.1) is 16.9 Å². The molecular weight excluding hydrogens is 788 g/mol. The van der Waals surface area contributed by atoms with Gasteiger partial charge in [-0.15, -0.1) is 0 Å². The van der Waals surface area contributed by atoms with E-state index < -0.39 is 5.41 Å². The predicted octanol–water partition coefficient (Wildman–Crippen LogP) is 9.58. The first-order chi connectivity index (χ1) is 20.4. The Balaban J connectivity index is 0.000000237. The summed E-state index contributed by atoms with van der Waals surface area (Å²) in [5.41, 5.74) is 3.93. The quantitative estimate of drug-likeness (QED) is 0.0819. The number of pyridine rings is 1. The number of hydrogen-bond donors (Lipinski definition) is 1. The fraction of sp³-hybridized carbons (Fsp3) is 0.211. The Bertz CT molecular complexity index is 2180. The molecule has 1 N–H and O–H groups in total. The number of aromatic nitrogens is 2. The van der Waals surface area contributed by atoms with Gasteiger partial charge >= 0.3 is 179 Å². The number of rotatable bonds is 2. The summed E-state index contributed by atoms with van der Waals surface area (Å²) >= 11 is 0.186. The third kappa shape index (κ3) is 5.93. The summed E-state index contributed by atoms with van der Waals surface area (Å²) in [6.45, 7) is 11.1. The van der Waals surface area contributed by atoms with Gasteiger partial charge in [-0.05, 0) is 0 Å². The summed E-state index contributed by atoms with van der Waals surface area (Å²) in [5, 5.41) is 15.7. The van der Waals surface area contributed by atoms with Crippen LogP contribution in [-0.2, 0) is 24.9 Å². The molecule has 7 aromatic rings. The number of carbonyl (C=O) groups excluding carboxylic acids is 1. The number of allylic oxidation sites excluding steroid dienone is 2. The number of aliphatic hydroxyl groups excluding tert-OH is 1. The second kappa shape index (κ2) is 12.1. The molecule has 1 radical (unpaired) electrons. The molecule has 44 heavy (non-hydrogen) atoms. The van der Waals surface area contributed by atoms with Crippen LogP contribution < -0.4 is 0 Å². The monoisotopic (exact) mass is 824 g/mol. The van der Waals surface area contributed by atoms with Crippen LogP contribution in [0.1, 0.15) is 41.5 Å². The third-order valence-electron chi connectivity index (χ3n) is 7.67. The molecule has 0 bridgehead atoms. The van der Waals surface area contributed by atoms with Gasteiger partial charge in [0.05, 0.1) is 0 Å². The molecule has 6 heteroatoms. The van der Waals surface area contributed by atoms with E-state index in [0.717, 1.165) is 16.3 Å². The molecule has 4 nitrogen and oxygen atoms in total. The molecule has 0 aliphatic carbocycles. The van der Waals surface area contributed by atoms with E-state index in [1.54, 1.807) is 0 Å². The normalized spacial score (nSPS) is 12.5. The molecule has 0 amide bonds. The van der Waals surface area contributed by atoms with Crippen LogP contribution in [0.4, 0.5) is 0 Å². The Morgan fingerprint density at radius 1 is 0.818 bits per heavy atom. The molecular formula is C38H35IrN2O2Se-. The van der Waals surface area contributed by atoms with Gasteiger partial charge in [-0.3, -0.25) is 4.79 Å². The molecule has 3 heterocycles. The summed E-state index contributed by atoms with van der Waals surface area (Å²) in [4.78, 5) is 16.4. The molecule has 0 spiro atoms. The second-order valence-corrected chi connectivity index (χ2v) is 15.2. The van der Waals surface area contributed by atoms with Crippen molar-refractivity contribution in [2.45, 2.75) is 41.5 Å². The second-order valence-electron chi connectivity index (χ2n) is 13.0.